The molecule has 17 heavy (non-hydrogen) atoms. The number of methoxy groups -OCH3 is 1. The summed E-state index contributed by atoms with van der Waals surface area (Å²) in [5.41, 5.74) is 4.14. The number of alkyl halides is 5. The molecule has 0 aliphatic heterocycles. The number of hydrogen-bond acceptors (Lipinski definition) is 4. The van der Waals surface area contributed by atoms with Gasteiger partial charge in [0, 0.05) is 6.20 Å². The van der Waals surface area contributed by atoms with Crippen molar-refractivity contribution in [3.63, 3.8) is 0 Å². The van der Waals surface area contributed by atoms with Gasteiger partial charge in [0.1, 0.15) is 0 Å². The first-order valence-electron chi connectivity index (χ1n) is 4.12. The Labute approximate surface area is 92.1 Å². The second-order valence-electron chi connectivity index (χ2n) is 2.81. The normalized spacial score (nSPS) is 11.7. The van der Waals surface area contributed by atoms with E-state index in [1.807, 2.05) is 0 Å². The lowest BCUT2D eigenvalue weighted by molar-refractivity contribution is -0.275. The van der Waals surface area contributed by atoms with Crippen molar-refractivity contribution in [1.82, 2.24) is 4.98 Å². The van der Waals surface area contributed by atoms with Crippen LogP contribution < -0.4 is 15.2 Å². The quantitative estimate of drug-likeness (QED) is 0.846. The summed E-state index contributed by atoms with van der Waals surface area (Å²) in [6.45, 7) is 0. The number of pyridine rings is 1. The van der Waals surface area contributed by atoms with Crippen molar-refractivity contribution in [2.75, 3.05) is 12.8 Å². The highest BCUT2D eigenvalue weighted by Crippen LogP contribution is 2.42. The number of hydrogen-bond donors (Lipinski definition) is 1. The van der Waals surface area contributed by atoms with Gasteiger partial charge in [-0.3, -0.25) is 0 Å². The number of anilines is 1. The third-order valence-corrected chi connectivity index (χ3v) is 1.70. The van der Waals surface area contributed by atoms with Crippen LogP contribution in [0.3, 0.4) is 0 Å². The molecule has 0 bridgehead atoms. The van der Waals surface area contributed by atoms with E-state index < -0.39 is 35.7 Å². The van der Waals surface area contributed by atoms with E-state index in [1.54, 1.807) is 0 Å². The topological polar surface area (TPSA) is 57.4 Å². The van der Waals surface area contributed by atoms with Gasteiger partial charge in [-0.05, 0) is 0 Å². The summed E-state index contributed by atoms with van der Waals surface area (Å²) >= 11 is 0. The van der Waals surface area contributed by atoms with Crippen LogP contribution in [0.1, 0.15) is 12.0 Å². The van der Waals surface area contributed by atoms with Crippen LogP contribution in [-0.2, 0) is 0 Å². The Morgan fingerprint density at radius 1 is 1.29 bits per heavy atom. The smallest absolute Gasteiger partial charge is 0.490 e. The van der Waals surface area contributed by atoms with Crippen LogP contribution in [0.15, 0.2) is 6.20 Å². The van der Waals surface area contributed by atoms with Gasteiger partial charge in [-0.2, -0.15) is 0 Å². The zero-order chi connectivity index (χ0) is 13.2. The van der Waals surface area contributed by atoms with Crippen molar-refractivity contribution >= 4 is 5.82 Å². The number of nitrogen functional groups attached to an aromatic ring is 1. The van der Waals surface area contributed by atoms with Crippen LogP contribution in [0.25, 0.3) is 0 Å². The first-order chi connectivity index (χ1) is 7.76. The van der Waals surface area contributed by atoms with Gasteiger partial charge in [0.2, 0.25) is 5.75 Å². The van der Waals surface area contributed by atoms with Gasteiger partial charge in [0.25, 0.3) is 6.43 Å². The van der Waals surface area contributed by atoms with E-state index in [4.69, 9.17) is 5.73 Å². The summed E-state index contributed by atoms with van der Waals surface area (Å²) in [5, 5.41) is 0. The Bertz CT molecular complexity index is 408. The fourth-order valence-electron chi connectivity index (χ4n) is 1.08. The van der Waals surface area contributed by atoms with Crippen LogP contribution in [0.4, 0.5) is 27.8 Å². The molecule has 96 valence electrons. The van der Waals surface area contributed by atoms with Crippen LogP contribution >= 0.6 is 0 Å². The average Bonchev–Trinajstić information content (AvgIpc) is 2.15. The Morgan fingerprint density at radius 3 is 2.29 bits per heavy atom. The number of aromatic nitrogens is 1. The van der Waals surface area contributed by atoms with E-state index >= 15 is 0 Å². The SMILES string of the molecule is COc1c(N)ncc(C(F)F)c1OC(F)(F)F. The third-order valence-electron chi connectivity index (χ3n) is 1.70. The number of ether oxygens (including phenoxy) is 2. The third kappa shape index (κ3) is 3.08. The van der Waals surface area contributed by atoms with Gasteiger partial charge >= 0.3 is 6.36 Å². The lowest BCUT2D eigenvalue weighted by atomic mass is 10.2. The molecule has 0 aromatic carbocycles. The fourth-order valence-corrected chi connectivity index (χ4v) is 1.08. The van der Waals surface area contributed by atoms with Gasteiger partial charge in [-0.15, -0.1) is 13.2 Å². The molecule has 1 aromatic heterocycles. The predicted octanol–water partition coefficient (Wildman–Crippen LogP) is 2.51. The van der Waals surface area contributed by atoms with Crippen LogP contribution in [0.5, 0.6) is 11.5 Å². The minimum atomic E-state index is -5.13. The van der Waals surface area contributed by atoms with Crippen LogP contribution in [0, 0.1) is 0 Å². The van der Waals surface area contributed by atoms with E-state index in [1.165, 1.54) is 0 Å². The Morgan fingerprint density at radius 2 is 1.88 bits per heavy atom. The van der Waals surface area contributed by atoms with E-state index in [-0.39, 0.29) is 0 Å². The number of halogens is 5. The molecule has 9 heteroatoms. The highest BCUT2D eigenvalue weighted by molar-refractivity contribution is 5.58. The zero-order valence-corrected chi connectivity index (χ0v) is 8.39. The molecule has 0 unspecified atom stereocenters. The average molecular weight is 258 g/mol. The standard InChI is InChI=1S/C8H7F5N2O2/c1-16-5-4(17-8(11,12)13)3(6(9)10)2-15-7(5)14/h2,6H,1H3,(H2,14,15). The van der Waals surface area contributed by atoms with Gasteiger partial charge in [0.05, 0.1) is 12.7 Å². The summed E-state index contributed by atoms with van der Waals surface area (Å²) < 4.78 is 69.0. The molecular weight excluding hydrogens is 251 g/mol. The molecule has 0 saturated heterocycles. The summed E-state index contributed by atoms with van der Waals surface area (Å²) in [6.07, 6.45) is -7.83. The molecule has 2 N–H and O–H groups in total. The maximum absolute atomic E-state index is 12.5. The lowest BCUT2D eigenvalue weighted by Crippen LogP contribution is -2.19. The Hall–Kier alpha value is -1.80. The van der Waals surface area contributed by atoms with Gasteiger partial charge < -0.3 is 15.2 Å². The molecule has 4 nitrogen and oxygen atoms in total. The largest absolute Gasteiger partial charge is 0.573 e. The second-order valence-corrected chi connectivity index (χ2v) is 2.81. The predicted molar refractivity (Wildman–Crippen MR) is 46.8 cm³/mol. The lowest BCUT2D eigenvalue weighted by Gasteiger charge is -2.16. The molecule has 0 amide bonds. The summed E-state index contributed by atoms with van der Waals surface area (Å²) in [7, 11) is 0.964. The van der Waals surface area contributed by atoms with Gasteiger partial charge in [-0.25, -0.2) is 13.8 Å². The molecule has 0 aliphatic rings. The molecule has 0 radical (unpaired) electrons. The summed E-state index contributed by atoms with van der Waals surface area (Å²) in [5.74, 6) is -2.33. The second kappa shape index (κ2) is 4.60. The maximum Gasteiger partial charge on any atom is 0.573 e. The minimum Gasteiger partial charge on any atom is -0.490 e. The summed E-state index contributed by atoms with van der Waals surface area (Å²) in [4.78, 5) is 3.29. The molecule has 0 spiro atoms. The van der Waals surface area contributed by atoms with E-state index in [0.717, 1.165) is 7.11 Å². The van der Waals surface area contributed by atoms with Gasteiger partial charge in [0.15, 0.2) is 11.6 Å². The monoisotopic (exact) mass is 258 g/mol. The Kier molecular flexibility index (Phi) is 3.59. The number of rotatable bonds is 3. The first kappa shape index (κ1) is 13.3. The highest BCUT2D eigenvalue weighted by Gasteiger charge is 2.36. The number of nitrogens with zero attached hydrogens (tertiary/aromatic N) is 1. The summed E-state index contributed by atoms with van der Waals surface area (Å²) in [6, 6.07) is 0. The zero-order valence-electron chi connectivity index (χ0n) is 8.39. The van der Waals surface area contributed by atoms with Crippen LogP contribution in [0.2, 0.25) is 0 Å². The Balaban J connectivity index is 3.34. The van der Waals surface area contributed by atoms with Crippen LogP contribution in [-0.4, -0.2) is 18.5 Å². The number of nitrogens with two attached hydrogens (primary N) is 1. The molecule has 0 aliphatic carbocycles. The minimum absolute atomic E-state index is 0.476. The highest BCUT2D eigenvalue weighted by atomic mass is 19.4. The van der Waals surface area contributed by atoms with E-state index in [9.17, 15) is 22.0 Å². The van der Waals surface area contributed by atoms with Crippen molar-refractivity contribution in [3.05, 3.63) is 11.8 Å². The molecule has 0 fully saturated rings. The molecule has 1 aromatic rings. The molecule has 0 atom stereocenters. The van der Waals surface area contributed by atoms with E-state index in [2.05, 4.69) is 14.5 Å². The molecule has 0 saturated carbocycles. The van der Waals surface area contributed by atoms with Crippen molar-refractivity contribution in [2.24, 2.45) is 0 Å². The molecule has 1 rings (SSSR count). The molecule has 1 heterocycles. The van der Waals surface area contributed by atoms with Crippen molar-refractivity contribution in [3.8, 4) is 11.5 Å². The maximum atomic E-state index is 12.5. The van der Waals surface area contributed by atoms with Gasteiger partial charge in [-0.1, -0.05) is 0 Å². The van der Waals surface area contributed by atoms with Crippen molar-refractivity contribution in [2.45, 2.75) is 12.8 Å². The van der Waals surface area contributed by atoms with Crippen molar-refractivity contribution in [1.29, 1.82) is 0 Å². The van der Waals surface area contributed by atoms with Crippen molar-refractivity contribution < 1.29 is 31.4 Å². The first-order valence-corrected chi connectivity index (χ1v) is 4.12. The van der Waals surface area contributed by atoms with E-state index in [0.29, 0.717) is 6.20 Å². The molecular formula is C8H7F5N2O2. The fraction of sp³-hybridized carbons (Fsp3) is 0.375.